The first-order valence-corrected chi connectivity index (χ1v) is 18.1. The minimum atomic E-state index is -0.884. The highest BCUT2D eigenvalue weighted by atomic mass is 16.5. The maximum Gasteiger partial charge on any atom is 0.165 e. The van der Waals surface area contributed by atoms with Gasteiger partial charge in [0.25, 0.3) is 0 Å². The lowest BCUT2D eigenvalue weighted by Gasteiger charge is -2.64. The summed E-state index contributed by atoms with van der Waals surface area (Å²) >= 11 is 0. The molecule has 10 nitrogen and oxygen atoms in total. The number of aromatic hydroxyl groups is 1. The molecule has 3 aliphatic carbocycles. The van der Waals surface area contributed by atoms with Crippen LogP contribution in [0.5, 0.6) is 34.5 Å². The molecule has 1 spiro atoms. The van der Waals surface area contributed by atoms with E-state index in [0.717, 1.165) is 59.4 Å². The second-order valence-electron chi connectivity index (χ2n) is 14.8. The second kappa shape index (κ2) is 13.1. The molecular formula is C41H48N2O8. The van der Waals surface area contributed by atoms with Gasteiger partial charge in [0.1, 0.15) is 6.10 Å². The molecular weight excluding hydrogens is 648 g/mol. The van der Waals surface area contributed by atoms with E-state index in [2.05, 4.69) is 9.88 Å². The fourth-order valence-corrected chi connectivity index (χ4v) is 9.71. The summed E-state index contributed by atoms with van der Waals surface area (Å²) in [6, 6.07) is 15.6. The number of hydrogen-bond donors (Lipinski definition) is 3. The topological polar surface area (TPSA) is 123 Å². The monoisotopic (exact) mass is 696 g/mol. The number of nitrogens with zero attached hydrogens (tertiary/aromatic N) is 2. The largest absolute Gasteiger partial charge is 0.504 e. The number of rotatable bonds is 8. The number of hydrogen-bond acceptors (Lipinski definition) is 10. The van der Waals surface area contributed by atoms with E-state index in [1.54, 1.807) is 34.5 Å². The lowest BCUT2D eigenvalue weighted by Crippen LogP contribution is -2.77. The van der Waals surface area contributed by atoms with Gasteiger partial charge in [-0.2, -0.15) is 0 Å². The first kappa shape index (κ1) is 33.9. The van der Waals surface area contributed by atoms with Crippen LogP contribution in [0.25, 0.3) is 10.8 Å². The molecule has 270 valence electrons. The van der Waals surface area contributed by atoms with E-state index in [1.807, 2.05) is 48.7 Å². The molecule has 3 heterocycles. The lowest BCUT2D eigenvalue weighted by molar-refractivity contribution is -0.209. The number of benzene rings is 3. The van der Waals surface area contributed by atoms with E-state index in [9.17, 15) is 15.3 Å². The molecule has 5 atom stereocenters. The Kier molecular flexibility index (Phi) is 8.67. The number of aliphatic hydroxyl groups is 2. The number of likely N-dealkylation sites (tertiary alicyclic amines) is 1. The predicted octanol–water partition coefficient (Wildman–Crippen LogP) is 5.57. The highest BCUT2D eigenvalue weighted by Gasteiger charge is 2.72. The van der Waals surface area contributed by atoms with Crippen LogP contribution in [0.2, 0.25) is 0 Å². The van der Waals surface area contributed by atoms with E-state index in [1.165, 1.54) is 24.8 Å². The molecule has 0 unspecified atom stereocenters. The molecule has 1 saturated heterocycles. The van der Waals surface area contributed by atoms with Gasteiger partial charge in [-0.05, 0) is 104 Å². The van der Waals surface area contributed by atoms with E-state index >= 15 is 0 Å². The highest BCUT2D eigenvalue weighted by Crippen LogP contribution is 2.65. The number of methoxy groups -OCH3 is 4. The standard InChI is InChI=1S/C21H27NO4.C20H21NO4/c23-14-5-4-13-10-16-21(25)7-6-15(24)19-20(21,17(13)18(14)26-19)8-9-22(16)11-12-2-1-3-12;1-22-17-6-5-13(10-18(17)23-2)9-16-15-12-20(25-4)19(24-3)11-14(15)7-8-21-16/h4-5,12,15-16,19,23-25H,1-3,6-11H2;5-8,10-12H,9H2,1-4H3/t15-,16+,19-,20-,21+;/m0./s1. The second-order valence-corrected chi connectivity index (χ2v) is 14.8. The molecule has 2 aliphatic heterocycles. The first-order chi connectivity index (χ1) is 24.7. The van der Waals surface area contributed by atoms with Crippen LogP contribution in [0.3, 0.4) is 0 Å². The predicted molar refractivity (Wildman–Crippen MR) is 193 cm³/mol. The van der Waals surface area contributed by atoms with Crippen molar-refractivity contribution in [1.29, 1.82) is 0 Å². The van der Waals surface area contributed by atoms with Gasteiger partial charge in [-0.3, -0.25) is 9.88 Å². The van der Waals surface area contributed by atoms with Crippen molar-refractivity contribution < 1.29 is 39.0 Å². The van der Waals surface area contributed by atoms with Gasteiger partial charge >= 0.3 is 0 Å². The van der Waals surface area contributed by atoms with Gasteiger partial charge in [0.2, 0.25) is 0 Å². The lowest BCUT2D eigenvalue weighted by atomic mass is 9.48. The summed E-state index contributed by atoms with van der Waals surface area (Å²) in [6.45, 7) is 2.02. The zero-order valence-corrected chi connectivity index (χ0v) is 29.9. The summed E-state index contributed by atoms with van der Waals surface area (Å²) in [5, 5.41) is 35.3. The molecule has 5 aliphatic rings. The summed E-state index contributed by atoms with van der Waals surface area (Å²) in [6.07, 6.45) is 8.16. The maximum absolute atomic E-state index is 12.1. The normalized spacial score (nSPS) is 27.4. The molecule has 1 aromatic heterocycles. The quantitative estimate of drug-likeness (QED) is 0.216. The van der Waals surface area contributed by atoms with Crippen LogP contribution >= 0.6 is 0 Å². The molecule has 2 bridgehead atoms. The van der Waals surface area contributed by atoms with Gasteiger partial charge in [-0.25, -0.2) is 0 Å². The van der Waals surface area contributed by atoms with Crippen molar-refractivity contribution in [2.45, 2.75) is 80.6 Å². The van der Waals surface area contributed by atoms with Gasteiger partial charge in [0.05, 0.1) is 51.3 Å². The molecule has 3 N–H and O–H groups in total. The molecule has 0 amide bonds. The summed E-state index contributed by atoms with van der Waals surface area (Å²) in [5.41, 5.74) is 2.77. The van der Waals surface area contributed by atoms with Crippen LogP contribution in [0.1, 0.15) is 60.9 Å². The van der Waals surface area contributed by atoms with Crippen molar-refractivity contribution in [1.82, 2.24) is 9.88 Å². The van der Waals surface area contributed by atoms with Gasteiger partial charge in [0.15, 0.2) is 34.5 Å². The van der Waals surface area contributed by atoms with Crippen LogP contribution in [0, 0.1) is 5.92 Å². The van der Waals surface area contributed by atoms with Crippen LogP contribution in [-0.2, 0) is 18.3 Å². The van der Waals surface area contributed by atoms with Gasteiger partial charge in [0, 0.05) is 36.2 Å². The molecule has 0 radical (unpaired) electrons. The Bertz CT molecular complexity index is 1950. The number of piperidine rings is 1. The Hall–Kier alpha value is -4.25. The average Bonchev–Trinajstić information content (AvgIpc) is 3.49. The molecule has 10 heteroatoms. The minimum absolute atomic E-state index is 0.0819. The third-order valence-electron chi connectivity index (χ3n) is 12.4. The Morgan fingerprint density at radius 2 is 1.63 bits per heavy atom. The Labute approximate surface area is 298 Å². The number of pyridine rings is 1. The summed E-state index contributed by atoms with van der Waals surface area (Å²) < 4.78 is 27.6. The summed E-state index contributed by atoms with van der Waals surface area (Å²) in [4.78, 5) is 7.09. The number of ether oxygens (including phenoxy) is 5. The number of aromatic nitrogens is 1. The van der Waals surface area contributed by atoms with Gasteiger partial charge in [-0.15, -0.1) is 0 Å². The maximum atomic E-state index is 12.1. The van der Waals surface area contributed by atoms with Crippen LogP contribution in [0.15, 0.2) is 54.7 Å². The smallest absolute Gasteiger partial charge is 0.165 e. The van der Waals surface area contributed by atoms with Crippen LogP contribution in [-0.4, -0.2) is 90.6 Å². The Morgan fingerprint density at radius 3 is 2.35 bits per heavy atom. The third-order valence-corrected chi connectivity index (χ3v) is 12.4. The van der Waals surface area contributed by atoms with Gasteiger partial charge < -0.3 is 39.0 Å². The molecule has 4 aromatic rings. The Balaban J connectivity index is 0.000000147. The third kappa shape index (κ3) is 5.28. The Morgan fingerprint density at radius 1 is 0.882 bits per heavy atom. The molecule has 3 fully saturated rings. The molecule has 3 aromatic carbocycles. The van der Waals surface area contributed by atoms with Crippen molar-refractivity contribution >= 4 is 10.8 Å². The fraction of sp³-hybridized carbons (Fsp3) is 0.488. The van der Waals surface area contributed by atoms with E-state index in [0.29, 0.717) is 48.0 Å². The summed E-state index contributed by atoms with van der Waals surface area (Å²) in [5.74, 6) is 4.24. The minimum Gasteiger partial charge on any atom is -0.504 e. The van der Waals surface area contributed by atoms with Crippen molar-refractivity contribution in [3.8, 4) is 34.5 Å². The van der Waals surface area contributed by atoms with Crippen molar-refractivity contribution in [3.05, 3.63) is 77.1 Å². The van der Waals surface area contributed by atoms with Gasteiger partial charge in [-0.1, -0.05) is 18.6 Å². The van der Waals surface area contributed by atoms with E-state index in [4.69, 9.17) is 23.7 Å². The SMILES string of the molecule is COc1ccc(Cc2nccc3cc(OC)c(OC)cc23)cc1OC.Oc1ccc2c3c1O[C@H]1[C@@H](O)CC[C@@]4(O)[C@@H](C2)N(CC2CCC2)CC[C@]314. The number of phenolic OH excluding ortho intramolecular Hbond substituents is 1. The fourth-order valence-electron chi connectivity index (χ4n) is 9.71. The van der Waals surface area contributed by atoms with Crippen molar-refractivity contribution in [3.63, 3.8) is 0 Å². The molecule has 51 heavy (non-hydrogen) atoms. The number of phenols is 1. The van der Waals surface area contributed by atoms with Crippen LogP contribution in [0.4, 0.5) is 0 Å². The number of aliphatic hydroxyl groups excluding tert-OH is 1. The van der Waals surface area contributed by atoms with E-state index in [-0.39, 0.29) is 11.8 Å². The molecule has 9 rings (SSSR count). The van der Waals surface area contributed by atoms with Crippen molar-refractivity contribution in [2.24, 2.45) is 5.92 Å². The zero-order valence-electron chi connectivity index (χ0n) is 29.9. The van der Waals surface area contributed by atoms with Crippen LogP contribution < -0.4 is 23.7 Å². The summed E-state index contributed by atoms with van der Waals surface area (Å²) in [7, 11) is 6.53. The van der Waals surface area contributed by atoms with Crippen molar-refractivity contribution in [2.75, 3.05) is 41.5 Å². The van der Waals surface area contributed by atoms with E-state index < -0.39 is 23.2 Å². The number of fused-ring (bicyclic) bond motifs is 1. The molecule has 2 saturated carbocycles. The average molecular weight is 697 g/mol. The first-order valence-electron chi connectivity index (χ1n) is 18.1. The highest BCUT2D eigenvalue weighted by molar-refractivity contribution is 5.88. The zero-order chi connectivity index (χ0) is 35.5.